The number of aliphatic imine (C=N–C) groups is 1. The zero-order valence-corrected chi connectivity index (χ0v) is 11.0. The van der Waals surface area contributed by atoms with Gasteiger partial charge >= 0.3 is 0 Å². The fraction of sp³-hybridized carbons (Fsp3) is 0.364. The molecule has 0 aliphatic carbocycles. The summed E-state index contributed by atoms with van der Waals surface area (Å²) in [5.41, 5.74) is 3.01. The highest BCUT2D eigenvalue weighted by atomic mass is 35.5. The maximum absolute atomic E-state index is 6.06. The predicted octanol–water partition coefficient (Wildman–Crippen LogP) is 3.00. The van der Waals surface area contributed by atoms with Gasteiger partial charge in [0.25, 0.3) is 0 Å². The van der Waals surface area contributed by atoms with E-state index in [1.165, 1.54) is 0 Å². The van der Waals surface area contributed by atoms with Crippen molar-refractivity contribution in [1.82, 2.24) is 5.43 Å². The average molecular weight is 260 g/mol. The Balaban J connectivity index is 3.24. The molecule has 5 heteroatoms. The van der Waals surface area contributed by atoms with Gasteiger partial charge in [-0.2, -0.15) is 0 Å². The van der Waals surface area contributed by atoms with Gasteiger partial charge in [-0.25, -0.2) is 5.84 Å². The molecule has 0 spiro atoms. The van der Waals surface area contributed by atoms with Gasteiger partial charge in [-0.3, -0.25) is 4.99 Å². The molecule has 3 nitrogen and oxygen atoms in total. The van der Waals surface area contributed by atoms with Gasteiger partial charge in [0.05, 0.1) is 10.6 Å². The molecule has 0 fully saturated rings. The number of hydrazine groups is 1. The van der Waals surface area contributed by atoms with Gasteiger partial charge in [0, 0.05) is 10.6 Å². The summed E-state index contributed by atoms with van der Waals surface area (Å²) < 4.78 is 0. The topological polar surface area (TPSA) is 50.4 Å². The number of nitrogens with one attached hydrogen (secondary N) is 1. The summed E-state index contributed by atoms with van der Waals surface area (Å²) in [6.07, 6.45) is 0. The fourth-order valence-electron chi connectivity index (χ4n) is 1.18. The standard InChI is InChI=1S/C11H15Cl2N3/c1-11(2,3)15-10(16-14)8-6-7(12)4-5-9(8)13/h4-6H,14H2,1-3H3,(H,15,16). The predicted molar refractivity (Wildman–Crippen MR) is 70.1 cm³/mol. The molecule has 0 amide bonds. The van der Waals surface area contributed by atoms with E-state index in [9.17, 15) is 0 Å². The summed E-state index contributed by atoms with van der Waals surface area (Å²) in [6, 6.07) is 5.17. The summed E-state index contributed by atoms with van der Waals surface area (Å²) in [5, 5.41) is 1.15. The van der Waals surface area contributed by atoms with E-state index in [2.05, 4.69) is 10.4 Å². The van der Waals surface area contributed by atoms with Crippen LogP contribution >= 0.6 is 23.2 Å². The number of amidine groups is 1. The third-order valence-corrected chi connectivity index (χ3v) is 2.33. The molecule has 0 saturated carbocycles. The summed E-state index contributed by atoms with van der Waals surface area (Å²) in [6.45, 7) is 5.92. The van der Waals surface area contributed by atoms with Gasteiger partial charge < -0.3 is 5.43 Å². The highest BCUT2D eigenvalue weighted by Gasteiger charge is 2.13. The Kier molecular flexibility index (Phi) is 4.19. The zero-order chi connectivity index (χ0) is 12.3. The number of halogens is 2. The first kappa shape index (κ1) is 13.3. The molecule has 0 saturated heterocycles. The van der Waals surface area contributed by atoms with Crippen LogP contribution in [-0.2, 0) is 0 Å². The smallest absolute Gasteiger partial charge is 0.144 e. The van der Waals surface area contributed by atoms with Crippen LogP contribution in [0, 0.1) is 0 Å². The quantitative estimate of drug-likeness (QED) is 0.353. The fourth-order valence-corrected chi connectivity index (χ4v) is 1.56. The second-order valence-electron chi connectivity index (χ2n) is 4.40. The lowest BCUT2D eigenvalue weighted by Gasteiger charge is -2.16. The Morgan fingerprint density at radius 3 is 2.44 bits per heavy atom. The molecular formula is C11H15Cl2N3. The summed E-state index contributed by atoms with van der Waals surface area (Å²) in [7, 11) is 0. The maximum atomic E-state index is 6.06. The van der Waals surface area contributed by atoms with Crippen molar-refractivity contribution in [2.24, 2.45) is 10.8 Å². The second-order valence-corrected chi connectivity index (χ2v) is 5.24. The van der Waals surface area contributed by atoms with Crippen molar-refractivity contribution in [2.45, 2.75) is 26.3 Å². The summed E-state index contributed by atoms with van der Waals surface area (Å²) >= 11 is 12.0. The molecule has 1 aromatic rings. The van der Waals surface area contributed by atoms with E-state index in [1.807, 2.05) is 20.8 Å². The zero-order valence-electron chi connectivity index (χ0n) is 9.51. The molecule has 0 unspecified atom stereocenters. The first-order chi connectivity index (χ1) is 7.33. The van der Waals surface area contributed by atoms with Gasteiger partial charge in [-0.15, -0.1) is 0 Å². The number of hydrogen-bond acceptors (Lipinski definition) is 2. The molecule has 1 rings (SSSR count). The van der Waals surface area contributed by atoms with Gasteiger partial charge in [0.15, 0.2) is 0 Å². The molecule has 0 aromatic heterocycles. The molecule has 88 valence electrons. The summed E-state index contributed by atoms with van der Waals surface area (Å²) in [5.74, 6) is 5.98. The minimum atomic E-state index is -0.243. The van der Waals surface area contributed by atoms with Crippen LogP contribution in [0.15, 0.2) is 23.2 Å². The highest BCUT2D eigenvalue weighted by molar-refractivity contribution is 6.36. The van der Waals surface area contributed by atoms with Crippen LogP contribution in [0.2, 0.25) is 10.0 Å². The van der Waals surface area contributed by atoms with Crippen LogP contribution in [0.4, 0.5) is 0 Å². The van der Waals surface area contributed by atoms with Crippen molar-refractivity contribution in [3.05, 3.63) is 33.8 Å². The van der Waals surface area contributed by atoms with Crippen LogP contribution in [0.5, 0.6) is 0 Å². The Bertz CT molecular complexity index is 408. The largest absolute Gasteiger partial charge is 0.308 e. The monoisotopic (exact) mass is 259 g/mol. The normalized spacial score (nSPS) is 12.8. The number of rotatable bonds is 1. The minimum Gasteiger partial charge on any atom is -0.308 e. The lowest BCUT2D eigenvalue weighted by molar-refractivity contribution is 0.580. The Morgan fingerprint density at radius 1 is 1.31 bits per heavy atom. The van der Waals surface area contributed by atoms with E-state index in [1.54, 1.807) is 18.2 Å². The van der Waals surface area contributed by atoms with E-state index < -0.39 is 0 Å². The van der Waals surface area contributed by atoms with Crippen LogP contribution in [0.1, 0.15) is 26.3 Å². The van der Waals surface area contributed by atoms with Crippen LogP contribution in [-0.4, -0.2) is 11.4 Å². The van der Waals surface area contributed by atoms with E-state index >= 15 is 0 Å². The molecular weight excluding hydrogens is 245 g/mol. The Labute approximate surface area is 106 Å². The molecule has 0 radical (unpaired) electrons. The van der Waals surface area contributed by atoms with Gasteiger partial charge in [0.2, 0.25) is 0 Å². The molecule has 0 atom stereocenters. The summed E-state index contributed by atoms with van der Waals surface area (Å²) in [4.78, 5) is 4.44. The van der Waals surface area contributed by atoms with Crippen molar-refractivity contribution >= 4 is 29.0 Å². The third-order valence-electron chi connectivity index (χ3n) is 1.77. The molecule has 1 aromatic carbocycles. The average Bonchev–Trinajstić information content (AvgIpc) is 2.17. The number of benzene rings is 1. The highest BCUT2D eigenvalue weighted by Crippen LogP contribution is 2.21. The maximum Gasteiger partial charge on any atom is 0.144 e. The van der Waals surface area contributed by atoms with E-state index in [-0.39, 0.29) is 5.54 Å². The lowest BCUT2D eigenvalue weighted by Crippen LogP contribution is -2.33. The van der Waals surface area contributed by atoms with Gasteiger partial charge in [-0.1, -0.05) is 23.2 Å². The van der Waals surface area contributed by atoms with Crippen LogP contribution < -0.4 is 11.3 Å². The van der Waals surface area contributed by atoms with Crippen LogP contribution in [0.3, 0.4) is 0 Å². The molecule has 0 heterocycles. The van der Waals surface area contributed by atoms with Crippen molar-refractivity contribution in [1.29, 1.82) is 0 Å². The van der Waals surface area contributed by atoms with E-state index in [4.69, 9.17) is 29.0 Å². The van der Waals surface area contributed by atoms with Crippen LogP contribution in [0.25, 0.3) is 0 Å². The van der Waals surface area contributed by atoms with Crippen molar-refractivity contribution < 1.29 is 0 Å². The number of hydrogen-bond donors (Lipinski definition) is 2. The van der Waals surface area contributed by atoms with Crippen molar-refractivity contribution in [2.75, 3.05) is 0 Å². The molecule has 0 aliphatic rings. The number of nitrogens with two attached hydrogens (primary N) is 1. The molecule has 16 heavy (non-hydrogen) atoms. The Morgan fingerprint density at radius 2 is 1.94 bits per heavy atom. The second kappa shape index (κ2) is 5.04. The number of nitrogens with zero attached hydrogens (tertiary/aromatic N) is 1. The SMILES string of the molecule is CC(C)(C)N=C(NN)c1cc(Cl)ccc1Cl. The first-order valence-electron chi connectivity index (χ1n) is 4.85. The van der Waals surface area contributed by atoms with Crippen molar-refractivity contribution in [3.63, 3.8) is 0 Å². The lowest BCUT2D eigenvalue weighted by atomic mass is 10.1. The first-order valence-corrected chi connectivity index (χ1v) is 5.61. The Hall–Kier alpha value is -0.770. The molecule has 3 N–H and O–H groups in total. The molecule has 0 aliphatic heterocycles. The third kappa shape index (κ3) is 3.67. The van der Waals surface area contributed by atoms with Crippen molar-refractivity contribution in [3.8, 4) is 0 Å². The van der Waals surface area contributed by atoms with E-state index in [0.29, 0.717) is 21.4 Å². The van der Waals surface area contributed by atoms with Gasteiger partial charge in [0.1, 0.15) is 5.84 Å². The van der Waals surface area contributed by atoms with Gasteiger partial charge in [-0.05, 0) is 39.0 Å². The minimum absolute atomic E-state index is 0.243. The molecule has 0 bridgehead atoms. The van der Waals surface area contributed by atoms with E-state index in [0.717, 1.165) is 0 Å².